The molecule has 9 nitrogen and oxygen atoms in total. The number of aliphatic hydroxyl groups is 3. The third-order valence-electron chi connectivity index (χ3n) is 6.27. The molecule has 1 aliphatic rings. The minimum atomic E-state index is -1.03. The molecule has 34 heavy (non-hydrogen) atoms. The maximum Gasteiger partial charge on any atom is 0.225 e. The first-order valence-electron chi connectivity index (χ1n) is 11.2. The van der Waals surface area contributed by atoms with Crippen molar-refractivity contribution in [3.63, 3.8) is 0 Å². The second-order valence-corrected chi connectivity index (χ2v) is 9.67. The summed E-state index contributed by atoms with van der Waals surface area (Å²) in [5.74, 6) is 1.26. The molecule has 0 saturated heterocycles. The predicted octanol–water partition coefficient (Wildman–Crippen LogP) is 3.34. The number of aromatic nitrogens is 3. The molecule has 1 unspecified atom stereocenters. The van der Waals surface area contributed by atoms with Crippen LogP contribution in [0.2, 0.25) is 0 Å². The number of anilines is 2. The van der Waals surface area contributed by atoms with Crippen LogP contribution < -0.4 is 10.6 Å². The monoisotopic (exact) mass is 481 g/mol. The Balaban J connectivity index is 1.54. The van der Waals surface area contributed by atoms with E-state index < -0.39 is 24.2 Å². The second-order valence-electron chi connectivity index (χ2n) is 8.63. The number of benzene rings is 1. The molecule has 3 aromatic heterocycles. The van der Waals surface area contributed by atoms with E-state index in [1.165, 1.54) is 0 Å². The van der Waals surface area contributed by atoms with Gasteiger partial charge in [-0.05, 0) is 44.5 Å². The van der Waals surface area contributed by atoms with Crippen LogP contribution in [0.1, 0.15) is 30.8 Å². The van der Waals surface area contributed by atoms with Gasteiger partial charge >= 0.3 is 0 Å². The highest BCUT2D eigenvalue weighted by molar-refractivity contribution is 7.21. The summed E-state index contributed by atoms with van der Waals surface area (Å²) in [4.78, 5) is 14.2. The molecule has 1 saturated carbocycles. The molecule has 1 aromatic carbocycles. The topological polar surface area (TPSA) is 137 Å². The van der Waals surface area contributed by atoms with E-state index in [0.717, 1.165) is 32.2 Å². The SMILES string of the molecule is Cc1nc(NC(C)c2ccco2)nc(N[C@@H]2C[C@H](CO)[C@@H](O)[C@H]2O)c1-c1nc2ccccc2s1. The predicted molar refractivity (Wildman–Crippen MR) is 131 cm³/mol. The van der Waals surface area contributed by atoms with Gasteiger partial charge in [0.25, 0.3) is 0 Å². The number of aliphatic hydroxyl groups excluding tert-OH is 3. The van der Waals surface area contributed by atoms with Crippen molar-refractivity contribution in [3.05, 3.63) is 54.1 Å². The lowest BCUT2D eigenvalue weighted by Gasteiger charge is -2.22. The van der Waals surface area contributed by atoms with E-state index in [1.54, 1.807) is 17.6 Å². The van der Waals surface area contributed by atoms with Crippen LogP contribution in [0.5, 0.6) is 0 Å². The molecule has 3 heterocycles. The summed E-state index contributed by atoms with van der Waals surface area (Å²) in [5.41, 5.74) is 2.35. The summed E-state index contributed by atoms with van der Waals surface area (Å²) >= 11 is 1.54. The Morgan fingerprint density at radius 1 is 1.12 bits per heavy atom. The van der Waals surface area contributed by atoms with Crippen molar-refractivity contribution in [1.29, 1.82) is 0 Å². The fraction of sp³-hybridized carbons (Fsp3) is 0.375. The Bertz CT molecular complexity index is 1240. The summed E-state index contributed by atoms with van der Waals surface area (Å²) in [6, 6.07) is 11.0. The molecule has 4 aromatic rings. The second kappa shape index (κ2) is 9.30. The molecule has 178 valence electrons. The van der Waals surface area contributed by atoms with E-state index in [1.807, 2.05) is 50.2 Å². The molecule has 5 rings (SSSR count). The first kappa shape index (κ1) is 22.7. The highest BCUT2D eigenvalue weighted by Crippen LogP contribution is 2.38. The summed E-state index contributed by atoms with van der Waals surface area (Å²) < 4.78 is 6.54. The molecule has 5 N–H and O–H groups in total. The lowest BCUT2D eigenvalue weighted by molar-refractivity contribution is 0.00446. The number of nitrogens with one attached hydrogen (secondary N) is 2. The van der Waals surface area contributed by atoms with Gasteiger partial charge in [0.2, 0.25) is 5.95 Å². The summed E-state index contributed by atoms with van der Waals surface area (Å²) in [6.45, 7) is 3.65. The largest absolute Gasteiger partial charge is 0.467 e. The fourth-order valence-electron chi connectivity index (χ4n) is 4.40. The van der Waals surface area contributed by atoms with Gasteiger partial charge in [0.15, 0.2) is 0 Å². The van der Waals surface area contributed by atoms with E-state index in [0.29, 0.717) is 18.2 Å². The molecule has 1 aliphatic carbocycles. The third-order valence-corrected chi connectivity index (χ3v) is 7.33. The van der Waals surface area contributed by atoms with Gasteiger partial charge in [0.1, 0.15) is 22.7 Å². The van der Waals surface area contributed by atoms with Crippen LogP contribution >= 0.6 is 11.3 Å². The molecule has 0 amide bonds. The van der Waals surface area contributed by atoms with Crippen LogP contribution in [0, 0.1) is 12.8 Å². The van der Waals surface area contributed by atoms with Crippen molar-refractivity contribution in [2.75, 3.05) is 17.2 Å². The smallest absolute Gasteiger partial charge is 0.225 e. The van der Waals surface area contributed by atoms with Crippen molar-refractivity contribution in [2.45, 2.75) is 44.6 Å². The number of para-hydroxylation sites is 1. The van der Waals surface area contributed by atoms with Crippen molar-refractivity contribution in [1.82, 2.24) is 15.0 Å². The van der Waals surface area contributed by atoms with Gasteiger partial charge in [-0.2, -0.15) is 4.98 Å². The quantitative estimate of drug-likeness (QED) is 0.269. The van der Waals surface area contributed by atoms with Crippen LogP contribution in [0.4, 0.5) is 11.8 Å². The van der Waals surface area contributed by atoms with Crippen molar-refractivity contribution in [2.24, 2.45) is 5.92 Å². The zero-order valence-corrected chi connectivity index (χ0v) is 19.7. The molecule has 1 fully saturated rings. The Hall–Kier alpha value is -3.05. The van der Waals surface area contributed by atoms with Gasteiger partial charge in [0.05, 0.1) is 45.9 Å². The summed E-state index contributed by atoms with van der Waals surface area (Å²) in [7, 11) is 0. The fourth-order valence-corrected chi connectivity index (χ4v) is 5.47. The Labute approximate surface area is 200 Å². The summed E-state index contributed by atoms with van der Waals surface area (Å²) in [5, 5.41) is 37.8. The van der Waals surface area contributed by atoms with Crippen molar-refractivity contribution >= 4 is 33.3 Å². The van der Waals surface area contributed by atoms with Crippen LogP contribution in [-0.2, 0) is 0 Å². The molecular weight excluding hydrogens is 454 g/mol. The van der Waals surface area contributed by atoms with E-state index >= 15 is 0 Å². The van der Waals surface area contributed by atoms with E-state index in [2.05, 4.69) is 15.6 Å². The molecular formula is C24H27N5O4S. The normalized spacial score (nSPS) is 23.3. The zero-order chi connectivity index (χ0) is 23.8. The Morgan fingerprint density at radius 2 is 1.94 bits per heavy atom. The number of rotatable bonds is 7. The Kier molecular flexibility index (Phi) is 6.22. The summed E-state index contributed by atoms with van der Waals surface area (Å²) in [6.07, 6.45) is -0.0121. The molecule has 0 spiro atoms. The number of hydrogen-bond donors (Lipinski definition) is 5. The van der Waals surface area contributed by atoms with E-state index in [9.17, 15) is 15.3 Å². The number of furan rings is 1. The van der Waals surface area contributed by atoms with Gasteiger partial charge in [-0.25, -0.2) is 9.97 Å². The van der Waals surface area contributed by atoms with Gasteiger partial charge in [0, 0.05) is 12.5 Å². The standard InChI is InChI=1S/C24H27N5O4S/c1-12(17-7-5-9-33-17)25-24-26-13(2)19(23-28-15-6-3-4-8-18(15)34-23)22(29-24)27-16-10-14(11-30)20(31)21(16)32/h3-9,12,14,16,20-21,30-32H,10-11H2,1-2H3,(H2,25,26,27,29)/t12?,14-,16-,20-,21+/m1/s1. The Morgan fingerprint density at radius 3 is 2.65 bits per heavy atom. The minimum Gasteiger partial charge on any atom is -0.467 e. The van der Waals surface area contributed by atoms with Gasteiger partial charge in [-0.1, -0.05) is 12.1 Å². The highest BCUT2D eigenvalue weighted by Gasteiger charge is 2.41. The number of thiazole rings is 1. The van der Waals surface area contributed by atoms with Gasteiger partial charge in [-0.15, -0.1) is 11.3 Å². The molecule has 0 aliphatic heterocycles. The number of fused-ring (bicyclic) bond motifs is 1. The maximum absolute atomic E-state index is 10.6. The van der Waals surface area contributed by atoms with Crippen molar-refractivity contribution in [3.8, 4) is 10.6 Å². The van der Waals surface area contributed by atoms with E-state index in [-0.39, 0.29) is 12.6 Å². The first-order chi connectivity index (χ1) is 16.4. The molecule has 0 bridgehead atoms. The number of nitrogens with zero attached hydrogens (tertiary/aromatic N) is 3. The maximum atomic E-state index is 10.6. The third kappa shape index (κ3) is 4.25. The first-order valence-corrected chi connectivity index (χ1v) is 12.0. The average molecular weight is 482 g/mol. The average Bonchev–Trinajstić information content (AvgIpc) is 3.55. The minimum absolute atomic E-state index is 0.159. The highest BCUT2D eigenvalue weighted by atomic mass is 32.1. The molecule has 0 radical (unpaired) electrons. The lowest BCUT2D eigenvalue weighted by atomic mass is 10.1. The lowest BCUT2D eigenvalue weighted by Crippen LogP contribution is -2.35. The zero-order valence-electron chi connectivity index (χ0n) is 18.8. The van der Waals surface area contributed by atoms with Crippen LogP contribution in [0.15, 0.2) is 47.1 Å². The molecule has 5 atom stereocenters. The van der Waals surface area contributed by atoms with Crippen LogP contribution in [0.3, 0.4) is 0 Å². The van der Waals surface area contributed by atoms with Gasteiger partial charge in [-0.3, -0.25) is 0 Å². The van der Waals surface area contributed by atoms with Crippen LogP contribution in [-0.4, -0.2) is 55.1 Å². The number of hydrogen-bond acceptors (Lipinski definition) is 10. The number of aryl methyl sites for hydroxylation is 1. The van der Waals surface area contributed by atoms with Crippen LogP contribution in [0.25, 0.3) is 20.8 Å². The van der Waals surface area contributed by atoms with Crippen molar-refractivity contribution < 1.29 is 19.7 Å². The van der Waals surface area contributed by atoms with E-state index in [4.69, 9.17) is 14.4 Å². The molecule has 10 heteroatoms. The van der Waals surface area contributed by atoms with Gasteiger partial charge < -0.3 is 30.4 Å².